The lowest BCUT2D eigenvalue weighted by atomic mass is 9.86. The normalized spacial score (nSPS) is 15.8. The van der Waals surface area contributed by atoms with Crippen molar-refractivity contribution in [1.29, 1.82) is 0 Å². The second-order valence-electron chi connectivity index (χ2n) is 9.18. The molecule has 8 nitrogen and oxygen atoms in total. The molecule has 2 amide bonds. The first-order valence-corrected chi connectivity index (χ1v) is 12.2. The zero-order valence-electron chi connectivity index (χ0n) is 19.8. The second kappa shape index (κ2) is 11.4. The zero-order chi connectivity index (χ0) is 24.7. The Balaban J connectivity index is 1.11. The minimum Gasteiger partial charge on any atom is -0.481 e. The van der Waals surface area contributed by atoms with Crippen LogP contribution in [0.2, 0.25) is 0 Å². The van der Waals surface area contributed by atoms with Crippen molar-refractivity contribution in [3.05, 3.63) is 59.7 Å². The van der Waals surface area contributed by atoms with Crippen LogP contribution in [0.5, 0.6) is 0 Å². The first-order valence-electron chi connectivity index (χ1n) is 12.2. The van der Waals surface area contributed by atoms with Crippen molar-refractivity contribution < 1.29 is 29.0 Å². The van der Waals surface area contributed by atoms with Gasteiger partial charge in [-0.15, -0.1) is 0 Å². The van der Waals surface area contributed by atoms with E-state index in [0.717, 1.165) is 24.0 Å². The molecular weight excluding hydrogens is 448 g/mol. The van der Waals surface area contributed by atoms with E-state index in [1.807, 2.05) is 24.3 Å². The van der Waals surface area contributed by atoms with Crippen molar-refractivity contribution in [2.45, 2.75) is 38.0 Å². The third kappa shape index (κ3) is 5.82. The highest BCUT2D eigenvalue weighted by atomic mass is 16.5. The van der Waals surface area contributed by atoms with Gasteiger partial charge in [-0.05, 0) is 35.1 Å². The minimum absolute atomic E-state index is 0.00686. The van der Waals surface area contributed by atoms with Crippen LogP contribution in [-0.2, 0) is 19.1 Å². The molecule has 35 heavy (non-hydrogen) atoms. The van der Waals surface area contributed by atoms with Gasteiger partial charge in [-0.1, -0.05) is 61.4 Å². The number of hydrogen-bond acceptors (Lipinski definition) is 5. The molecule has 0 aromatic heterocycles. The summed E-state index contributed by atoms with van der Waals surface area (Å²) in [6.07, 6.45) is 2.58. The largest absolute Gasteiger partial charge is 0.481 e. The average Bonchev–Trinajstić information content (AvgIpc) is 3.47. The first-order chi connectivity index (χ1) is 17.0. The van der Waals surface area contributed by atoms with Crippen LogP contribution in [0.4, 0.5) is 4.79 Å². The molecule has 3 N–H and O–H groups in total. The molecule has 0 bridgehead atoms. The van der Waals surface area contributed by atoms with Crippen molar-refractivity contribution in [2.75, 3.05) is 32.9 Å². The summed E-state index contributed by atoms with van der Waals surface area (Å²) in [5.74, 6) is -1.07. The van der Waals surface area contributed by atoms with Crippen LogP contribution in [0.1, 0.15) is 49.1 Å². The molecule has 2 aromatic carbocycles. The van der Waals surface area contributed by atoms with Crippen molar-refractivity contribution >= 4 is 18.0 Å². The van der Waals surface area contributed by atoms with Gasteiger partial charge in [0.15, 0.2) is 0 Å². The highest BCUT2D eigenvalue weighted by molar-refractivity contribution is 5.80. The quantitative estimate of drug-likeness (QED) is 0.423. The maximum Gasteiger partial charge on any atom is 0.407 e. The van der Waals surface area contributed by atoms with E-state index in [2.05, 4.69) is 34.9 Å². The molecule has 2 aliphatic carbocycles. The summed E-state index contributed by atoms with van der Waals surface area (Å²) in [6.45, 7) is 1.11. The van der Waals surface area contributed by atoms with Gasteiger partial charge >= 0.3 is 12.1 Å². The number of carboxylic acid groups (broad SMARTS) is 1. The van der Waals surface area contributed by atoms with Gasteiger partial charge in [0.2, 0.25) is 5.91 Å². The highest BCUT2D eigenvalue weighted by Crippen LogP contribution is 2.44. The molecule has 4 rings (SSSR count). The molecule has 0 unspecified atom stereocenters. The van der Waals surface area contributed by atoms with Crippen LogP contribution in [0.25, 0.3) is 11.1 Å². The Bertz CT molecular complexity index is 1020. The lowest BCUT2D eigenvalue weighted by molar-refractivity contribution is -0.148. The fraction of sp³-hybridized carbons (Fsp3) is 0.444. The van der Waals surface area contributed by atoms with Gasteiger partial charge in [-0.3, -0.25) is 9.59 Å². The molecule has 0 spiro atoms. The summed E-state index contributed by atoms with van der Waals surface area (Å²) in [5.41, 5.74) is 3.84. The number of benzene rings is 2. The van der Waals surface area contributed by atoms with E-state index < -0.39 is 17.5 Å². The Kier molecular flexibility index (Phi) is 8.02. The summed E-state index contributed by atoms with van der Waals surface area (Å²) in [5, 5.41) is 14.9. The lowest BCUT2D eigenvalue weighted by Crippen LogP contribution is -2.41. The van der Waals surface area contributed by atoms with Crippen LogP contribution in [-0.4, -0.2) is 56.0 Å². The predicted molar refractivity (Wildman–Crippen MR) is 130 cm³/mol. The second-order valence-corrected chi connectivity index (χ2v) is 9.18. The van der Waals surface area contributed by atoms with Gasteiger partial charge < -0.3 is 25.2 Å². The van der Waals surface area contributed by atoms with Crippen LogP contribution in [0, 0.1) is 5.41 Å². The number of alkyl carbamates (subject to hydrolysis) is 1. The van der Waals surface area contributed by atoms with E-state index in [4.69, 9.17) is 9.47 Å². The Morgan fingerprint density at radius 2 is 1.54 bits per heavy atom. The molecule has 0 heterocycles. The van der Waals surface area contributed by atoms with Crippen molar-refractivity contribution in [3.8, 4) is 11.1 Å². The van der Waals surface area contributed by atoms with Crippen LogP contribution < -0.4 is 10.6 Å². The van der Waals surface area contributed by atoms with Gasteiger partial charge in [0.25, 0.3) is 0 Å². The highest BCUT2D eigenvalue weighted by Gasteiger charge is 2.41. The zero-order valence-corrected chi connectivity index (χ0v) is 19.8. The number of nitrogens with one attached hydrogen (secondary N) is 2. The lowest BCUT2D eigenvalue weighted by Gasteiger charge is -2.23. The molecule has 8 heteroatoms. The number of ether oxygens (including phenoxy) is 2. The molecule has 2 aliphatic rings. The molecule has 0 radical (unpaired) electrons. The van der Waals surface area contributed by atoms with E-state index >= 15 is 0 Å². The van der Waals surface area contributed by atoms with Crippen LogP contribution in [0.15, 0.2) is 48.5 Å². The standard InChI is InChI=1S/C27H32N2O6/c30-24(29-18-27(25(31)32)12-5-6-13-27)11-15-34-16-14-28-26(33)35-17-23-21-9-3-1-7-19(21)20-8-2-4-10-22(20)23/h1-4,7-10,23H,5-6,11-18H2,(H,28,33)(H,29,30)(H,31,32). The number of carbonyl (C=O) groups is 3. The van der Waals surface area contributed by atoms with Gasteiger partial charge in [0, 0.05) is 25.4 Å². The maximum atomic E-state index is 12.2. The molecule has 2 aromatic rings. The number of rotatable bonds is 11. The van der Waals surface area contributed by atoms with Crippen molar-refractivity contribution in [3.63, 3.8) is 0 Å². The van der Waals surface area contributed by atoms with Gasteiger partial charge in [-0.2, -0.15) is 0 Å². The summed E-state index contributed by atoms with van der Waals surface area (Å²) in [7, 11) is 0. The summed E-state index contributed by atoms with van der Waals surface area (Å²) >= 11 is 0. The smallest absolute Gasteiger partial charge is 0.407 e. The summed E-state index contributed by atoms with van der Waals surface area (Å²) in [4.78, 5) is 35.7. The molecule has 0 saturated heterocycles. The molecule has 1 fully saturated rings. The average molecular weight is 481 g/mol. The molecule has 0 aliphatic heterocycles. The third-order valence-corrected chi connectivity index (χ3v) is 6.97. The number of amides is 2. The van der Waals surface area contributed by atoms with Crippen molar-refractivity contribution in [2.24, 2.45) is 5.41 Å². The fourth-order valence-corrected chi connectivity index (χ4v) is 5.02. The molecule has 0 atom stereocenters. The van der Waals surface area contributed by atoms with E-state index in [9.17, 15) is 19.5 Å². The Morgan fingerprint density at radius 3 is 2.17 bits per heavy atom. The maximum absolute atomic E-state index is 12.2. The van der Waals surface area contributed by atoms with Crippen molar-refractivity contribution in [1.82, 2.24) is 10.6 Å². The molecular formula is C27H32N2O6. The fourth-order valence-electron chi connectivity index (χ4n) is 5.02. The number of hydrogen-bond donors (Lipinski definition) is 3. The van der Waals surface area contributed by atoms with Crippen LogP contribution in [0.3, 0.4) is 0 Å². The monoisotopic (exact) mass is 480 g/mol. The van der Waals surface area contributed by atoms with E-state index in [1.54, 1.807) is 0 Å². The Labute approximate surface area is 205 Å². The Hall–Kier alpha value is -3.39. The predicted octanol–water partition coefficient (Wildman–Crippen LogP) is 3.69. The topological polar surface area (TPSA) is 114 Å². The van der Waals surface area contributed by atoms with E-state index in [0.29, 0.717) is 12.8 Å². The number of carboxylic acids is 1. The summed E-state index contributed by atoms with van der Waals surface area (Å²) < 4.78 is 10.9. The number of carbonyl (C=O) groups excluding carboxylic acids is 2. The van der Waals surface area contributed by atoms with Gasteiger partial charge in [0.1, 0.15) is 6.61 Å². The summed E-state index contributed by atoms with van der Waals surface area (Å²) in [6, 6.07) is 16.3. The number of aliphatic carboxylic acids is 1. The van der Waals surface area contributed by atoms with E-state index in [1.165, 1.54) is 11.1 Å². The molecule has 1 saturated carbocycles. The Morgan fingerprint density at radius 1 is 0.914 bits per heavy atom. The molecule has 186 valence electrons. The third-order valence-electron chi connectivity index (χ3n) is 6.97. The number of fused-ring (bicyclic) bond motifs is 3. The SMILES string of the molecule is O=C(CCOCCNC(=O)OCC1c2ccccc2-c2ccccc21)NCC1(C(=O)O)CCCC1. The van der Waals surface area contributed by atoms with E-state index in [-0.39, 0.29) is 51.2 Å². The first kappa shape index (κ1) is 24.7. The van der Waals surface area contributed by atoms with Crippen LogP contribution >= 0.6 is 0 Å². The van der Waals surface area contributed by atoms with Gasteiger partial charge in [0.05, 0.1) is 18.6 Å². The van der Waals surface area contributed by atoms with Gasteiger partial charge in [-0.25, -0.2) is 4.79 Å². The minimum atomic E-state index is -0.842.